The van der Waals surface area contributed by atoms with Crippen LogP contribution in [0.15, 0.2) is 35.3 Å². The number of aliphatic carboxylic acids is 2. The molecule has 15 nitrogen and oxygen atoms in total. The van der Waals surface area contributed by atoms with Crippen molar-refractivity contribution in [1.29, 1.82) is 0 Å². The van der Waals surface area contributed by atoms with Gasteiger partial charge in [-0.25, -0.2) is 4.79 Å². The molecular weight excluding hydrogens is 490 g/mol. The van der Waals surface area contributed by atoms with Gasteiger partial charge in [0, 0.05) is 13.0 Å². The minimum Gasteiger partial charge on any atom is -0.481 e. The largest absolute Gasteiger partial charge is 0.481 e. The van der Waals surface area contributed by atoms with E-state index in [4.69, 9.17) is 22.3 Å². The number of hydrogen-bond donors (Lipinski definition) is 9. The zero-order chi connectivity index (χ0) is 28.0. The number of guanidine groups is 1. The summed E-state index contributed by atoms with van der Waals surface area (Å²) in [6, 6.07) is 2.89. The Hall–Kier alpha value is -4.24. The molecule has 0 radical (unpaired) electrons. The summed E-state index contributed by atoms with van der Waals surface area (Å²) in [6.45, 7) is -0.769. The van der Waals surface area contributed by atoms with E-state index in [1.165, 1.54) is 0 Å². The van der Waals surface area contributed by atoms with E-state index in [0.717, 1.165) is 0 Å². The van der Waals surface area contributed by atoms with Gasteiger partial charge in [-0.05, 0) is 18.4 Å². The Morgan fingerprint density at radius 3 is 1.97 bits per heavy atom. The number of amides is 3. The van der Waals surface area contributed by atoms with Crippen LogP contribution in [0.25, 0.3) is 0 Å². The van der Waals surface area contributed by atoms with E-state index in [9.17, 15) is 34.2 Å². The van der Waals surface area contributed by atoms with E-state index in [-0.39, 0.29) is 31.8 Å². The van der Waals surface area contributed by atoms with Crippen molar-refractivity contribution in [3.05, 3.63) is 35.9 Å². The molecule has 0 bridgehead atoms. The van der Waals surface area contributed by atoms with Gasteiger partial charge in [0.05, 0.1) is 19.1 Å². The molecule has 0 aliphatic rings. The highest BCUT2D eigenvalue weighted by Gasteiger charge is 2.30. The van der Waals surface area contributed by atoms with Crippen LogP contribution in [0.4, 0.5) is 0 Å². The van der Waals surface area contributed by atoms with Crippen molar-refractivity contribution in [1.82, 2.24) is 16.0 Å². The van der Waals surface area contributed by atoms with Crippen molar-refractivity contribution in [3.63, 3.8) is 0 Å². The summed E-state index contributed by atoms with van der Waals surface area (Å²) in [5.41, 5.74) is 16.7. The number of carboxylic acid groups (broad SMARTS) is 2. The molecule has 37 heavy (non-hydrogen) atoms. The Bertz CT molecular complexity index is 969. The van der Waals surface area contributed by atoms with Crippen molar-refractivity contribution in [2.45, 2.75) is 49.9 Å². The van der Waals surface area contributed by atoms with Crippen LogP contribution in [0.1, 0.15) is 24.8 Å². The predicted molar refractivity (Wildman–Crippen MR) is 131 cm³/mol. The standard InChI is InChI=1S/C22H33N7O8/c23-13(10-17(31)32)18(33)27-14(7-4-8-26-22(24)25)19(34)29-16(11-30)20(35)28-15(21(36)37)9-12-5-2-1-3-6-12/h1-3,5-6,13-16,30H,4,7-11,23H2,(H,27,33)(H,28,35)(H,29,34)(H,31,32)(H,36,37)(H4,24,25,26). The summed E-state index contributed by atoms with van der Waals surface area (Å²) >= 11 is 0. The second-order valence-electron chi connectivity index (χ2n) is 8.05. The van der Waals surface area contributed by atoms with E-state index >= 15 is 0 Å². The highest BCUT2D eigenvalue weighted by Crippen LogP contribution is 2.05. The monoisotopic (exact) mass is 523 g/mol. The van der Waals surface area contributed by atoms with Gasteiger partial charge in [0.2, 0.25) is 17.7 Å². The molecule has 4 atom stereocenters. The molecule has 15 heteroatoms. The number of nitrogens with zero attached hydrogens (tertiary/aromatic N) is 1. The maximum atomic E-state index is 12.9. The number of carboxylic acids is 2. The quantitative estimate of drug-likeness (QED) is 0.0585. The SMILES string of the molecule is NC(N)=NCCCC(NC(=O)C(N)CC(=O)O)C(=O)NC(CO)C(=O)NC(Cc1ccccc1)C(=O)O. The van der Waals surface area contributed by atoms with Crippen LogP contribution in [-0.2, 0) is 30.4 Å². The summed E-state index contributed by atoms with van der Waals surface area (Å²) in [7, 11) is 0. The van der Waals surface area contributed by atoms with Gasteiger partial charge in [-0.15, -0.1) is 0 Å². The van der Waals surface area contributed by atoms with Crippen molar-refractivity contribution in [3.8, 4) is 0 Å². The molecule has 0 fully saturated rings. The molecule has 0 aliphatic carbocycles. The van der Waals surface area contributed by atoms with Gasteiger partial charge >= 0.3 is 11.9 Å². The molecule has 3 amide bonds. The first-order valence-electron chi connectivity index (χ1n) is 11.3. The molecule has 204 valence electrons. The molecule has 4 unspecified atom stereocenters. The number of benzene rings is 1. The first-order valence-corrected chi connectivity index (χ1v) is 11.3. The Kier molecular flexibility index (Phi) is 13.1. The Labute approximate surface area is 212 Å². The van der Waals surface area contributed by atoms with E-state index in [2.05, 4.69) is 20.9 Å². The Morgan fingerprint density at radius 1 is 0.865 bits per heavy atom. The summed E-state index contributed by atoms with van der Waals surface area (Å²) in [6.07, 6.45) is -0.551. The maximum absolute atomic E-state index is 12.9. The number of nitrogens with one attached hydrogen (secondary N) is 3. The number of nitrogens with two attached hydrogens (primary N) is 3. The van der Waals surface area contributed by atoms with Crippen LogP contribution in [0.5, 0.6) is 0 Å². The normalized spacial score (nSPS) is 13.8. The molecule has 0 spiro atoms. The van der Waals surface area contributed by atoms with Gasteiger partial charge in [0.1, 0.15) is 18.1 Å². The third-order valence-corrected chi connectivity index (χ3v) is 5.02. The average Bonchev–Trinajstić information content (AvgIpc) is 2.83. The van der Waals surface area contributed by atoms with Crippen molar-refractivity contribution >= 4 is 35.6 Å². The summed E-state index contributed by atoms with van der Waals surface area (Å²) in [5, 5.41) is 34.8. The third-order valence-electron chi connectivity index (χ3n) is 5.02. The number of aliphatic hydroxyl groups is 1. The van der Waals surface area contributed by atoms with Crippen molar-refractivity contribution in [2.75, 3.05) is 13.2 Å². The fraction of sp³-hybridized carbons (Fsp3) is 0.455. The Morgan fingerprint density at radius 2 is 1.43 bits per heavy atom. The molecule has 0 heterocycles. The first kappa shape index (κ1) is 30.8. The number of hydrogen-bond acceptors (Lipinski definition) is 8. The first-order chi connectivity index (χ1) is 17.4. The van der Waals surface area contributed by atoms with E-state index in [0.29, 0.717) is 5.56 Å². The summed E-state index contributed by atoms with van der Waals surface area (Å²) < 4.78 is 0. The van der Waals surface area contributed by atoms with Crippen LogP contribution in [0, 0.1) is 0 Å². The molecule has 1 aromatic carbocycles. The molecule has 0 aliphatic heterocycles. The minimum absolute atomic E-state index is 0.0281. The number of rotatable bonds is 16. The highest BCUT2D eigenvalue weighted by molar-refractivity contribution is 5.94. The second-order valence-corrected chi connectivity index (χ2v) is 8.05. The average molecular weight is 524 g/mol. The molecule has 12 N–H and O–H groups in total. The number of aliphatic imine (C=N–C) groups is 1. The smallest absolute Gasteiger partial charge is 0.326 e. The number of aliphatic hydroxyl groups excluding tert-OH is 1. The Balaban J connectivity index is 2.91. The second kappa shape index (κ2) is 15.7. The fourth-order valence-corrected chi connectivity index (χ4v) is 3.12. The maximum Gasteiger partial charge on any atom is 0.326 e. The third kappa shape index (κ3) is 11.8. The van der Waals surface area contributed by atoms with Crippen LogP contribution >= 0.6 is 0 Å². The van der Waals surface area contributed by atoms with E-state index in [1.807, 2.05) is 0 Å². The van der Waals surface area contributed by atoms with Gasteiger partial charge in [-0.3, -0.25) is 24.2 Å². The number of carbonyl (C=O) groups excluding carboxylic acids is 3. The lowest BCUT2D eigenvalue weighted by Crippen LogP contribution is -2.58. The molecule has 1 aromatic rings. The van der Waals surface area contributed by atoms with Crippen LogP contribution < -0.4 is 33.2 Å². The topological polar surface area (TPSA) is 273 Å². The minimum atomic E-state index is -1.55. The predicted octanol–water partition coefficient (Wildman–Crippen LogP) is -3.38. The fourth-order valence-electron chi connectivity index (χ4n) is 3.12. The zero-order valence-corrected chi connectivity index (χ0v) is 20.0. The van der Waals surface area contributed by atoms with Crippen LogP contribution in [0.2, 0.25) is 0 Å². The lowest BCUT2D eigenvalue weighted by Gasteiger charge is -2.24. The van der Waals surface area contributed by atoms with Gasteiger partial charge in [0.15, 0.2) is 5.96 Å². The van der Waals surface area contributed by atoms with Crippen molar-refractivity contribution < 1.29 is 39.3 Å². The molecule has 0 saturated carbocycles. The van der Waals surface area contributed by atoms with Gasteiger partial charge in [-0.1, -0.05) is 30.3 Å². The molecule has 0 aromatic heterocycles. The van der Waals surface area contributed by atoms with Gasteiger partial charge in [-0.2, -0.15) is 0 Å². The van der Waals surface area contributed by atoms with E-state index in [1.54, 1.807) is 30.3 Å². The molecular formula is C22H33N7O8. The van der Waals surface area contributed by atoms with Gasteiger partial charge < -0.3 is 48.5 Å². The summed E-state index contributed by atoms with van der Waals surface area (Å²) in [5.74, 6) is -5.62. The van der Waals surface area contributed by atoms with E-state index < -0.39 is 66.9 Å². The van der Waals surface area contributed by atoms with Crippen LogP contribution in [0.3, 0.4) is 0 Å². The van der Waals surface area contributed by atoms with Crippen molar-refractivity contribution in [2.24, 2.45) is 22.2 Å². The number of carbonyl (C=O) groups is 5. The molecule has 1 rings (SSSR count). The summed E-state index contributed by atoms with van der Waals surface area (Å²) in [4.78, 5) is 64.0. The molecule has 0 saturated heterocycles. The lowest BCUT2D eigenvalue weighted by atomic mass is 10.1. The van der Waals surface area contributed by atoms with Gasteiger partial charge in [0.25, 0.3) is 0 Å². The highest BCUT2D eigenvalue weighted by atomic mass is 16.4. The zero-order valence-electron chi connectivity index (χ0n) is 20.0. The lowest BCUT2D eigenvalue weighted by molar-refractivity contribution is -0.142. The van der Waals surface area contributed by atoms with Crippen LogP contribution in [-0.4, -0.2) is 88.3 Å².